The molecule has 1 aliphatic heterocycles. The molecule has 0 bridgehead atoms. The predicted molar refractivity (Wildman–Crippen MR) is 92.9 cm³/mol. The molecule has 0 aliphatic carbocycles. The van der Waals surface area contributed by atoms with E-state index in [9.17, 15) is 10.2 Å². The van der Waals surface area contributed by atoms with Gasteiger partial charge in [0.2, 0.25) is 0 Å². The molecule has 0 saturated carbocycles. The molecule has 3 rings (SSSR count). The number of ether oxygens (including phenoxy) is 3. The van der Waals surface area contributed by atoms with Gasteiger partial charge in [0.15, 0.2) is 0 Å². The van der Waals surface area contributed by atoms with E-state index < -0.39 is 18.3 Å². The van der Waals surface area contributed by atoms with Gasteiger partial charge in [-0.05, 0) is 11.1 Å². The Balaban J connectivity index is 1.63. The lowest BCUT2D eigenvalue weighted by Gasteiger charge is -2.26. The number of hydrogen-bond donors (Lipinski definition) is 2. The third kappa shape index (κ3) is 4.87. The van der Waals surface area contributed by atoms with Gasteiger partial charge < -0.3 is 24.4 Å². The van der Waals surface area contributed by atoms with Crippen LogP contribution in [0.15, 0.2) is 60.7 Å². The highest BCUT2D eigenvalue weighted by atomic mass is 16.6. The van der Waals surface area contributed by atoms with E-state index in [-0.39, 0.29) is 12.7 Å². The van der Waals surface area contributed by atoms with Gasteiger partial charge in [0.05, 0.1) is 26.4 Å². The molecule has 4 atom stereocenters. The van der Waals surface area contributed by atoms with E-state index in [1.165, 1.54) is 0 Å². The van der Waals surface area contributed by atoms with Crippen LogP contribution in [0.1, 0.15) is 11.1 Å². The van der Waals surface area contributed by atoms with Gasteiger partial charge in [-0.3, -0.25) is 0 Å². The molecule has 134 valence electrons. The Morgan fingerprint density at radius 3 is 2.04 bits per heavy atom. The van der Waals surface area contributed by atoms with Crippen LogP contribution >= 0.6 is 0 Å². The van der Waals surface area contributed by atoms with Crippen LogP contribution < -0.4 is 0 Å². The van der Waals surface area contributed by atoms with E-state index in [1.54, 1.807) is 0 Å². The summed E-state index contributed by atoms with van der Waals surface area (Å²) in [5.41, 5.74) is 2.10. The molecule has 0 spiro atoms. The predicted octanol–water partition coefficient (Wildman–Crippen LogP) is 1.91. The molecule has 2 aromatic rings. The number of aliphatic hydroxyl groups is 2. The SMILES string of the molecule is OC[C@H](O)[C@H]1OC[C@@H](OCc2ccccc2)[C@@H]1OCc1ccccc1. The van der Waals surface area contributed by atoms with Crippen molar-refractivity contribution >= 4 is 0 Å². The highest BCUT2D eigenvalue weighted by Gasteiger charge is 2.42. The van der Waals surface area contributed by atoms with Crippen molar-refractivity contribution in [2.24, 2.45) is 0 Å². The van der Waals surface area contributed by atoms with Crippen molar-refractivity contribution in [1.29, 1.82) is 0 Å². The van der Waals surface area contributed by atoms with Crippen LogP contribution in [-0.2, 0) is 27.4 Å². The first-order valence-electron chi connectivity index (χ1n) is 8.49. The number of hydrogen-bond acceptors (Lipinski definition) is 5. The van der Waals surface area contributed by atoms with Gasteiger partial charge >= 0.3 is 0 Å². The van der Waals surface area contributed by atoms with Crippen molar-refractivity contribution in [2.75, 3.05) is 13.2 Å². The fourth-order valence-corrected chi connectivity index (χ4v) is 2.93. The number of aliphatic hydroxyl groups excluding tert-OH is 2. The van der Waals surface area contributed by atoms with Gasteiger partial charge in [-0.1, -0.05) is 60.7 Å². The van der Waals surface area contributed by atoms with Gasteiger partial charge in [-0.15, -0.1) is 0 Å². The summed E-state index contributed by atoms with van der Waals surface area (Å²) < 4.78 is 17.6. The molecule has 25 heavy (non-hydrogen) atoms. The zero-order valence-corrected chi connectivity index (χ0v) is 14.0. The van der Waals surface area contributed by atoms with Crippen LogP contribution in [0.3, 0.4) is 0 Å². The molecular formula is C20H24O5. The third-order valence-corrected chi connectivity index (χ3v) is 4.30. The average Bonchev–Trinajstić information content (AvgIpc) is 3.08. The molecule has 1 fully saturated rings. The zero-order chi connectivity index (χ0) is 17.5. The van der Waals surface area contributed by atoms with Gasteiger partial charge in [0.1, 0.15) is 24.4 Å². The van der Waals surface area contributed by atoms with Crippen LogP contribution in [0.2, 0.25) is 0 Å². The Labute approximate surface area is 147 Å². The summed E-state index contributed by atoms with van der Waals surface area (Å²) in [5.74, 6) is 0. The van der Waals surface area contributed by atoms with E-state index in [1.807, 2.05) is 60.7 Å². The minimum absolute atomic E-state index is 0.296. The lowest BCUT2D eigenvalue weighted by atomic mass is 10.1. The van der Waals surface area contributed by atoms with Crippen molar-refractivity contribution in [3.05, 3.63) is 71.8 Å². The standard InChI is InChI=1S/C20H24O5/c21-11-17(22)19-20(24-13-16-9-5-2-6-10-16)18(14-25-19)23-12-15-7-3-1-4-8-15/h1-10,17-22H,11-14H2/t17-,18+,19+,20-/m0/s1. The lowest BCUT2D eigenvalue weighted by molar-refractivity contribution is -0.107. The van der Waals surface area contributed by atoms with E-state index in [0.717, 1.165) is 11.1 Å². The topological polar surface area (TPSA) is 68.2 Å². The van der Waals surface area contributed by atoms with Crippen molar-refractivity contribution in [3.63, 3.8) is 0 Å². The van der Waals surface area contributed by atoms with E-state index in [0.29, 0.717) is 19.8 Å². The molecule has 5 nitrogen and oxygen atoms in total. The summed E-state index contributed by atoms with van der Waals surface area (Å²) in [5, 5.41) is 19.3. The average molecular weight is 344 g/mol. The molecule has 0 amide bonds. The van der Waals surface area contributed by atoms with Gasteiger partial charge in [-0.25, -0.2) is 0 Å². The molecule has 1 aliphatic rings. The summed E-state index contributed by atoms with van der Waals surface area (Å²) in [4.78, 5) is 0. The second-order valence-corrected chi connectivity index (χ2v) is 6.14. The molecule has 0 aromatic heterocycles. The minimum Gasteiger partial charge on any atom is -0.394 e. The molecule has 1 saturated heterocycles. The van der Waals surface area contributed by atoms with Crippen molar-refractivity contribution in [3.8, 4) is 0 Å². The van der Waals surface area contributed by atoms with Crippen LogP contribution in [0.4, 0.5) is 0 Å². The van der Waals surface area contributed by atoms with Crippen molar-refractivity contribution in [1.82, 2.24) is 0 Å². The molecule has 1 heterocycles. The molecule has 2 N–H and O–H groups in total. The maximum absolute atomic E-state index is 10.0. The Hall–Kier alpha value is -1.76. The van der Waals surface area contributed by atoms with E-state index >= 15 is 0 Å². The smallest absolute Gasteiger partial charge is 0.115 e. The quantitative estimate of drug-likeness (QED) is 0.766. The van der Waals surface area contributed by atoms with E-state index in [4.69, 9.17) is 14.2 Å². The van der Waals surface area contributed by atoms with Crippen molar-refractivity contribution in [2.45, 2.75) is 37.6 Å². The summed E-state index contributed by atoms with van der Waals surface area (Å²) in [6.07, 6.45) is -2.33. The Morgan fingerprint density at radius 2 is 1.48 bits per heavy atom. The fraction of sp³-hybridized carbons (Fsp3) is 0.400. The second kappa shape index (κ2) is 9.08. The summed E-state index contributed by atoms with van der Waals surface area (Å²) in [7, 11) is 0. The molecule has 2 aromatic carbocycles. The molecule has 5 heteroatoms. The fourth-order valence-electron chi connectivity index (χ4n) is 2.93. The minimum atomic E-state index is -0.994. The highest BCUT2D eigenvalue weighted by molar-refractivity contribution is 5.14. The summed E-state index contributed by atoms with van der Waals surface area (Å²) >= 11 is 0. The maximum atomic E-state index is 10.0. The maximum Gasteiger partial charge on any atom is 0.115 e. The second-order valence-electron chi connectivity index (χ2n) is 6.14. The lowest BCUT2D eigenvalue weighted by Crippen LogP contribution is -2.42. The Bertz CT molecular complexity index is 618. The summed E-state index contributed by atoms with van der Waals surface area (Å²) in [6, 6.07) is 19.7. The molecule has 0 unspecified atom stereocenters. The normalized spacial score (nSPS) is 24.3. The van der Waals surface area contributed by atoms with Crippen LogP contribution in [0.5, 0.6) is 0 Å². The molecule has 0 radical (unpaired) electrons. The Morgan fingerprint density at radius 1 is 0.920 bits per heavy atom. The van der Waals surface area contributed by atoms with E-state index in [2.05, 4.69) is 0 Å². The first-order chi connectivity index (χ1) is 12.3. The van der Waals surface area contributed by atoms with Crippen LogP contribution in [0.25, 0.3) is 0 Å². The van der Waals surface area contributed by atoms with Gasteiger partial charge in [0, 0.05) is 0 Å². The monoisotopic (exact) mass is 344 g/mol. The van der Waals surface area contributed by atoms with Gasteiger partial charge in [0.25, 0.3) is 0 Å². The van der Waals surface area contributed by atoms with Gasteiger partial charge in [-0.2, -0.15) is 0 Å². The summed E-state index contributed by atoms with van der Waals surface area (Å²) in [6.45, 7) is 0.798. The third-order valence-electron chi connectivity index (χ3n) is 4.30. The number of rotatable bonds is 8. The molecular weight excluding hydrogens is 320 g/mol. The largest absolute Gasteiger partial charge is 0.394 e. The van der Waals surface area contributed by atoms with Crippen LogP contribution in [-0.4, -0.2) is 47.8 Å². The highest BCUT2D eigenvalue weighted by Crippen LogP contribution is 2.25. The first-order valence-corrected chi connectivity index (χ1v) is 8.49. The first kappa shape index (κ1) is 18.0. The zero-order valence-electron chi connectivity index (χ0n) is 14.0. The van der Waals surface area contributed by atoms with Crippen molar-refractivity contribution < 1.29 is 24.4 Å². The Kier molecular flexibility index (Phi) is 6.55. The van der Waals surface area contributed by atoms with Crippen LogP contribution in [0, 0.1) is 0 Å². The number of benzene rings is 2.